The third kappa shape index (κ3) is 4.71. The average molecular weight is 374 g/mol. The van der Waals surface area contributed by atoms with Gasteiger partial charge in [0.1, 0.15) is 5.75 Å². The number of carbonyl (C=O) groups is 1. The predicted molar refractivity (Wildman–Crippen MR) is 102 cm³/mol. The van der Waals surface area contributed by atoms with E-state index in [1.807, 2.05) is 12.1 Å². The Morgan fingerprint density at radius 1 is 1.12 bits per heavy atom. The zero-order valence-corrected chi connectivity index (χ0v) is 15.0. The lowest BCUT2D eigenvalue weighted by molar-refractivity contribution is 0.102. The molecule has 25 heavy (non-hydrogen) atoms. The number of ether oxygens (including phenoxy) is 1. The molecule has 1 amide bonds. The van der Waals surface area contributed by atoms with Gasteiger partial charge in [-0.2, -0.15) is 0 Å². The Bertz CT molecular complexity index is 848. The van der Waals surface area contributed by atoms with Crippen LogP contribution in [-0.2, 0) is 6.54 Å². The van der Waals surface area contributed by atoms with Crippen molar-refractivity contribution in [2.45, 2.75) is 6.54 Å². The molecule has 0 aliphatic rings. The molecule has 3 rings (SSSR count). The fourth-order valence-electron chi connectivity index (χ4n) is 2.17. The van der Waals surface area contributed by atoms with Gasteiger partial charge in [-0.15, -0.1) is 11.3 Å². The van der Waals surface area contributed by atoms with Crippen LogP contribution in [-0.4, -0.2) is 18.0 Å². The fourth-order valence-corrected chi connectivity index (χ4v) is 3.09. The molecule has 0 unspecified atom stereocenters. The zero-order chi connectivity index (χ0) is 17.6. The van der Waals surface area contributed by atoms with Crippen molar-refractivity contribution in [1.82, 2.24) is 4.98 Å². The topological polar surface area (TPSA) is 63.2 Å². The minimum atomic E-state index is -0.161. The lowest BCUT2D eigenvalue weighted by atomic mass is 10.2. The van der Waals surface area contributed by atoms with Gasteiger partial charge in [-0.05, 0) is 48.5 Å². The number of nitrogens with zero attached hydrogens (tertiary/aromatic N) is 1. The number of aromatic nitrogens is 1. The van der Waals surface area contributed by atoms with Gasteiger partial charge in [-0.3, -0.25) is 4.79 Å². The quantitative estimate of drug-likeness (QED) is 0.659. The Labute approximate surface area is 154 Å². The van der Waals surface area contributed by atoms with Crippen LogP contribution in [0.5, 0.6) is 5.75 Å². The third-order valence-electron chi connectivity index (χ3n) is 3.49. The maximum atomic E-state index is 12.3. The highest BCUT2D eigenvalue weighted by Crippen LogP contribution is 2.20. The highest BCUT2D eigenvalue weighted by molar-refractivity contribution is 7.15. The molecule has 0 aliphatic heterocycles. The standard InChI is InChI=1S/C18H16ClN3O2S/c1-24-15-8-6-14(7-9-15)22-17(23)12-2-4-13(5-3-12)20-10-16-11-21-18(19)25-16/h2-9,11,20H,10H2,1H3,(H,22,23). The summed E-state index contributed by atoms with van der Waals surface area (Å²) in [6.45, 7) is 0.641. The second kappa shape index (κ2) is 8.00. The fraction of sp³-hybridized carbons (Fsp3) is 0.111. The van der Waals surface area contributed by atoms with E-state index >= 15 is 0 Å². The first-order chi connectivity index (χ1) is 12.1. The first-order valence-electron chi connectivity index (χ1n) is 7.53. The van der Waals surface area contributed by atoms with Crippen molar-refractivity contribution in [3.8, 4) is 5.75 Å². The van der Waals surface area contributed by atoms with Crippen molar-refractivity contribution in [3.05, 3.63) is 69.6 Å². The Morgan fingerprint density at radius 2 is 1.80 bits per heavy atom. The van der Waals surface area contributed by atoms with Gasteiger partial charge in [0, 0.05) is 28.0 Å². The maximum absolute atomic E-state index is 12.3. The molecular formula is C18H16ClN3O2S. The van der Waals surface area contributed by atoms with E-state index < -0.39 is 0 Å². The van der Waals surface area contributed by atoms with E-state index in [0.717, 1.165) is 22.0 Å². The zero-order valence-electron chi connectivity index (χ0n) is 13.5. The number of thiazole rings is 1. The van der Waals surface area contributed by atoms with E-state index in [4.69, 9.17) is 16.3 Å². The molecule has 2 N–H and O–H groups in total. The van der Waals surface area contributed by atoms with Gasteiger partial charge in [0.15, 0.2) is 4.47 Å². The molecule has 0 saturated carbocycles. The number of anilines is 2. The van der Waals surface area contributed by atoms with E-state index in [0.29, 0.717) is 16.6 Å². The van der Waals surface area contributed by atoms with Crippen molar-refractivity contribution in [2.24, 2.45) is 0 Å². The summed E-state index contributed by atoms with van der Waals surface area (Å²) in [7, 11) is 1.60. The second-order valence-electron chi connectivity index (χ2n) is 5.19. The Morgan fingerprint density at radius 3 is 2.40 bits per heavy atom. The van der Waals surface area contributed by atoms with Crippen LogP contribution in [0.3, 0.4) is 0 Å². The van der Waals surface area contributed by atoms with Gasteiger partial charge in [-0.1, -0.05) is 11.6 Å². The van der Waals surface area contributed by atoms with Crippen molar-refractivity contribution in [1.29, 1.82) is 0 Å². The van der Waals surface area contributed by atoms with E-state index in [1.54, 1.807) is 49.7 Å². The summed E-state index contributed by atoms with van der Waals surface area (Å²) in [6, 6.07) is 14.5. The Balaban J connectivity index is 1.57. The molecule has 0 fully saturated rings. The smallest absolute Gasteiger partial charge is 0.255 e. The van der Waals surface area contributed by atoms with E-state index in [-0.39, 0.29) is 5.91 Å². The minimum absolute atomic E-state index is 0.161. The number of rotatable bonds is 6. The molecule has 0 saturated heterocycles. The molecule has 0 bridgehead atoms. The summed E-state index contributed by atoms with van der Waals surface area (Å²) in [5.41, 5.74) is 2.22. The van der Waals surface area contributed by atoms with Crippen molar-refractivity contribution < 1.29 is 9.53 Å². The van der Waals surface area contributed by atoms with Gasteiger partial charge in [-0.25, -0.2) is 4.98 Å². The molecule has 1 aromatic heterocycles. The molecule has 0 atom stereocenters. The van der Waals surface area contributed by atoms with Gasteiger partial charge in [0.25, 0.3) is 5.91 Å². The maximum Gasteiger partial charge on any atom is 0.255 e. The van der Waals surface area contributed by atoms with Crippen LogP contribution < -0.4 is 15.4 Å². The number of methoxy groups -OCH3 is 1. The Hall–Kier alpha value is -2.57. The van der Waals surface area contributed by atoms with Crippen LogP contribution in [0.25, 0.3) is 0 Å². The van der Waals surface area contributed by atoms with Crippen LogP contribution in [0.2, 0.25) is 4.47 Å². The molecule has 2 aromatic carbocycles. The van der Waals surface area contributed by atoms with Crippen LogP contribution in [0.4, 0.5) is 11.4 Å². The lowest BCUT2D eigenvalue weighted by Gasteiger charge is -2.08. The molecule has 5 nitrogen and oxygen atoms in total. The molecule has 0 radical (unpaired) electrons. The minimum Gasteiger partial charge on any atom is -0.497 e. The summed E-state index contributed by atoms with van der Waals surface area (Å²) >= 11 is 7.25. The summed E-state index contributed by atoms with van der Waals surface area (Å²) in [5.74, 6) is 0.585. The van der Waals surface area contributed by atoms with Crippen molar-refractivity contribution in [3.63, 3.8) is 0 Å². The number of benzene rings is 2. The summed E-state index contributed by atoms with van der Waals surface area (Å²) in [6.07, 6.45) is 1.75. The predicted octanol–water partition coefficient (Wildman–Crippen LogP) is 4.67. The molecule has 0 aliphatic carbocycles. The number of carbonyl (C=O) groups excluding carboxylic acids is 1. The molecular weight excluding hydrogens is 358 g/mol. The normalized spacial score (nSPS) is 10.3. The van der Waals surface area contributed by atoms with Crippen LogP contribution in [0, 0.1) is 0 Å². The van der Waals surface area contributed by atoms with Gasteiger partial charge in [0.05, 0.1) is 13.7 Å². The largest absolute Gasteiger partial charge is 0.497 e. The van der Waals surface area contributed by atoms with E-state index in [1.165, 1.54) is 11.3 Å². The van der Waals surface area contributed by atoms with E-state index in [9.17, 15) is 4.79 Å². The molecule has 1 heterocycles. The first-order valence-corrected chi connectivity index (χ1v) is 8.73. The molecule has 7 heteroatoms. The third-order valence-corrected chi connectivity index (χ3v) is 4.60. The summed E-state index contributed by atoms with van der Waals surface area (Å²) in [5, 5.41) is 6.12. The lowest BCUT2D eigenvalue weighted by Crippen LogP contribution is -2.11. The summed E-state index contributed by atoms with van der Waals surface area (Å²) < 4.78 is 5.63. The van der Waals surface area contributed by atoms with Crippen LogP contribution in [0.15, 0.2) is 54.7 Å². The molecule has 3 aromatic rings. The number of nitrogens with one attached hydrogen (secondary N) is 2. The second-order valence-corrected chi connectivity index (χ2v) is 6.89. The number of halogens is 1. The highest BCUT2D eigenvalue weighted by atomic mass is 35.5. The van der Waals surface area contributed by atoms with Crippen LogP contribution in [0.1, 0.15) is 15.2 Å². The number of hydrogen-bond donors (Lipinski definition) is 2. The van der Waals surface area contributed by atoms with Crippen molar-refractivity contribution in [2.75, 3.05) is 17.7 Å². The SMILES string of the molecule is COc1ccc(NC(=O)c2ccc(NCc3cnc(Cl)s3)cc2)cc1. The first kappa shape index (κ1) is 17.3. The monoisotopic (exact) mass is 373 g/mol. The van der Waals surface area contributed by atoms with Crippen molar-refractivity contribution >= 4 is 40.2 Å². The molecule has 128 valence electrons. The summed E-state index contributed by atoms with van der Waals surface area (Å²) in [4.78, 5) is 17.3. The van der Waals surface area contributed by atoms with Crippen LogP contribution >= 0.6 is 22.9 Å². The van der Waals surface area contributed by atoms with Gasteiger partial charge < -0.3 is 15.4 Å². The molecule has 0 spiro atoms. The van der Waals surface area contributed by atoms with Gasteiger partial charge in [0.2, 0.25) is 0 Å². The highest BCUT2D eigenvalue weighted by Gasteiger charge is 2.06. The average Bonchev–Trinajstić information content (AvgIpc) is 3.06. The number of amides is 1. The number of hydrogen-bond acceptors (Lipinski definition) is 5. The Kier molecular flexibility index (Phi) is 5.53. The van der Waals surface area contributed by atoms with Gasteiger partial charge >= 0.3 is 0 Å². The van der Waals surface area contributed by atoms with E-state index in [2.05, 4.69) is 15.6 Å².